The highest BCUT2D eigenvalue weighted by atomic mass is 19.1. The molecule has 2 rings (SSSR count). The van der Waals surface area contributed by atoms with Gasteiger partial charge in [-0.3, -0.25) is 4.79 Å². The molecular weight excluding hydrogens is 343 g/mol. The molecule has 5 nitrogen and oxygen atoms in total. The summed E-state index contributed by atoms with van der Waals surface area (Å²) in [6, 6.07) is 6.04. The van der Waals surface area contributed by atoms with Gasteiger partial charge in [-0.25, -0.2) is 9.38 Å². The lowest BCUT2D eigenvalue weighted by molar-refractivity contribution is -0.117. The van der Waals surface area contributed by atoms with E-state index in [1.165, 1.54) is 18.2 Å². The van der Waals surface area contributed by atoms with E-state index in [0.717, 1.165) is 18.4 Å². The van der Waals surface area contributed by atoms with Crippen LogP contribution in [-0.4, -0.2) is 18.2 Å². The molecule has 0 unspecified atom stereocenters. The third kappa shape index (κ3) is 5.04. The number of halogens is 1. The van der Waals surface area contributed by atoms with Crippen LogP contribution in [0.2, 0.25) is 0 Å². The van der Waals surface area contributed by atoms with E-state index < -0.39 is 5.82 Å². The van der Waals surface area contributed by atoms with Crippen molar-refractivity contribution < 1.29 is 9.18 Å². The van der Waals surface area contributed by atoms with Crippen LogP contribution in [0.15, 0.2) is 45.7 Å². The highest BCUT2D eigenvalue weighted by molar-refractivity contribution is 5.98. The SMILES string of the molecule is C=N/C(NC1(C)CC1)=C(\C)C(C(=O)NCc1cc(C#N)ccc1F)=C(C)C. The van der Waals surface area contributed by atoms with E-state index >= 15 is 0 Å². The zero-order valence-electron chi connectivity index (χ0n) is 16.2. The first-order valence-electron chi connectivity index (χ1n) is 8.81. The highest BCUT2D eigenvalue weighted by Gasteiger charge is 2.38. The Hall–Kier alpha value is -2.94. The average Bonchev–Trinajstić information content (AvgIpc) is 3.36. The molecule has 142 valence electrons. The second kappa shape index (κ2) is 8.17. The number of rotatable bonds is 7. The maximum absolute atomic E-state index is 13.9. The minimum Gasteiger partial charge on any atom is -0.365 e. The summed E-state index contributed by atoms with van der Waals surface area (Å²) in [7, 11) is 0. The number of hydrogen-bond donors (Lipinski definition) is 2. The quantitative estimate of drug-likeness (QED) is 0.437. The monoisotopic (exact) mass is 368 g/mol. The van der Waals surface area contributed by atoms with Crippen molar-refractivity contribution in [2.45, 2.75) is 52.6 Å². The van der Waals surface area contributed by atoms with Gasteiger partial charge in [-0.1, -0.05) is 5.57 Å². The summed E-state index contributed by atoms with van der Waals surface area (Å²) in [5.74, 6) is -0.200. The van der Waals surface area contributed by atoms with E-state index in [4.69, 9.17) is 5.26 Å². The maximum Gasteiger partial charge on any atom is 0.251 e. The number of amides is 1. The lowest BCUT2D eigenvalue weighted by Crippen LogP contribution is -2.30. The summed E-state index contributed by atoms with van der Waals surface area (Å²) in [5.41, 5.74) is 2.62. The molecule has 1 aliphatic rings. The van der Waals surface area contributed by atoms with Gasteiger partial charge in [0.15, 0.2) is 0 Å². The zero-order valence-corrected chi connectivity index (χ0v) is 16.2. The van der Waals surface area contributed by atoms with Crippen molar-refractivity contribution in [3.05, 3.63) is 57.7 Å². The van der Waals surface area contributed by atoms with E-state index in [0.29, 0.717) is 22.5 Å². The molecule has 0 bridgehead atoms. The van der Waals surface area contributed by atoms with Gasteiger partial charge in [-0.2, -0.15) is 5.26 Å². The first-order chi connectivity index (χ1) is 12.7. The topological polar surface area (TPSA) is 77.3 Å². The van der Waals surface area contributed by atoms with Crippen molar-refractivity contribution in [1.82, 2.24) is 10.6 Å². The summed E-state index contributed by atoms with van der Waals surface area (Å²) in [6.45, 7) is 11.2. The Morgan fingerprint density at radius 3 is 2.56 bits per heavy atom. The van der Waals surface area contributed by atoms with Crippen molar-refractivity contribution in [3.8, 4) is 6.07 Å². The Balaban J connectivity index is 2.22. The molecule has 0 radical (unpaired) electrons. The van der Waals surface area contributed by atoms with Crippen molar-refractivity contribution >= 4 is 12.6 Å². The molecule has 1 aromatic rings. The van der Waals surface area contributed by atoms with Gasteiger partial charge in [-0.15, -0.1) is 0 Å². The molecule has 1 amide bonds. The Morgan fingerprint density at radius 1 is 1.37 bits per heavy atom. The Morgan fingerprint density at radius 2 is 2.04 bits per heavy atom. The van der Waals surface area contributed by atoms with E-state index in [1.807, 2.05) is 26.8 Å². The molecule has 1 aliphatic carbocycles. The van der Waals surface area contributed by atoms with Crippen LogP contribution in [0.5, 0.6) is 0 Å². The molecular formula is C21H25FN4O. The molecule has 1 fully saturated rings. The number of nitrogens with one attached hydrogen (secondary N) is 2. The number of carbonyl (C=O) groups excluding carboxylic acids is 1. The number of nitriles is 1. The lowest BCUT2D eigenvalue weighted by atomic mass is 10.0. The number of aliphatic imine (C=N–C) groups is 1. The maximum atomic E-state index is 13.9. The van der Waals surface area contributed by atoms with Crippen molar-refractivity contribution in [2.75, 3.05) is 0 Å². The zero-order chi connectivity index (χ0) is 20.2. The second-order valence-electron chi connectivity index (χ2n) is 7.29. The van der Waals surface area contributed by atoms with Gasteiger partial charge in [-0.05, 0) is 65.5 Å². The van der Waals surface area contributed by atoms with Crippen LogP contribution < -0.4 is 10.6 Å². The van der Waals surface area contributed by atoms with Crippen LogP contribution in [0.3, 0.4) is 0 Å². The van der Waals surface area contributed by atoms with Gasteiger partial charge >= 0.3 is 0 Å². The molecule has 1 saturated carbocycles. The van der Waals surface area contributed by atoms with Crippen LogP contribution in [-0.2, 0) is 11.3 Å². The van der Waals surface area contributed by atoms with Gasteiger partial charge in [0.1, 0.15) is 11.6 Å². The molecule has 0 atom stereocenters. The molecule has 0 aliphatic heterocycles. The molecule has 2 N–H and O–H groups in total. The van der Waals surface area contributed by atoms with E-state index in [2.05, 4.69) is 29.3 Å². The van der Waals surface area contributed by atoms with Gasteiger partial charge in [0.2, 0.25) is 0 Å². The molecule has 0 heterocycles. The predicted octanol–water partition coefficient (Wildman–Crippen LogP) is 3.72. The molecule has 6 heteroatoms. The summed E-state index contributed by atoms with van der Waals surface area (Å²) < 4.78 is 13.9. The minimum atomic E-state index is -0.461. The van der Waals surface area contributed by atoms with Crippen molar-refractivity contribution in [1.29, 1.82) is 5.26 Å². The first kappa shape index (κ1) is 20.4. The molecule has 0 aromatic heterocycles. The summed E-state index contributed by atoms with van der Waals surface area (Å²) in [6.07, 6.45) is 2.09. The number of nitrogens with zero attached hydrogens (tertiary/aromatic N) is 2. The van der Waals surface area contributed by atoms with E-state index in [1.54, 1.807) is 0 Å². The van der Waals surface area contributed by atoms with Crippen LogP contribution in [0, 0.1) is 17.1 Å². The van der Waals surface area contributed by atoms with Crippen LogP contribution in [0.25, 0.3) is 0 Å². The summed E-state index contributed by atoms with van der Waals surface area (Å²) >= 11 is 0. The number of allylic oxidation sites excluding steroid dienone is 1. The minimum absolute atomic E-state index is 0.00186. The second-order valence-corrected chi connectivity index (χ2v) is 7.29. The van der Waals surface area contributed by atoms with Crippen molar-refractivity contribution in [2.24, 2.45) is 4.99 Å². The number of carbonyl (C=O) groups is 1. The Labute approximate surface area is 159 Å². The summed E-state index contributed by atoms with van der Waals surface area (Å²) in [4.78, 5) is 16.8. The van der Waals surface area contributed by atoms with Gasteiger partial charge in [0.05, 0.1) is 11.6 Å². The molecule has 0 saturated heterocycles. The largest absolute Gasteiger partial charge is 0.365 e. The van der Waals surface area contributed by atoms with Crippen LogP contribution >= 0.6 is 0 Å². The Bertz CT molecular complexity index is 869. The van der Waals surface area contributed by atoms with Gasteiger partial charge in [0, 0.05) is 28.8 Å². The van der Waals surface area contributed by atoms with Crippen LogP contribution in [0.1, 0.15) is 51.7 Å². The smallest absolute Gasteiger partial charge is 0.251 e. The van der Waals surface area contributed by atoms with Crippen molar-refractivity contribution in [3.63, 3.8) is 0 Å². The van der Waals surface area contributed by atoms with Gasteiger partial charge in [0.25, 0.3) is 5.91 Å². The number of benzene rings is 1. The number of hydrogen-bond acceptors (Lipinski definition) is 4. The van der Waals surface area contributed by atoms with Crippen LogP contribution in [0.4, 0.5) is 4.39 Å². The Kier molecular flexibility index (Phi) is 6.17. The standard InChI is InChI=1S/C21H25FN4O/c1-13(2)18(14(3)19(24-5)26-21(4)8-9-21)20(27)25-12-16-10-15(11-23)6-7-17(16)22/h6-7,10,26H,5,8-9,12H2,1-4H3,(H,25,27)/b19-14-. The fourth-order valence-electron chi connectivity index (χ4n) is 2.78. The molecule has 1 aromatic carbocycles. The highest BCUT2D eigenvalue weighted by Crippen LogP contribution is 2.36. The molecule has 27 heavy (non-hydrogen) atoms. The van der Waals surface area contributed by atoms with Gasteiger partial charge < -0.3 is 10.6 Å². The third-order valence-electron chi connectivity index (χ3n) is 4.65. The lowest BCUT2D eigenvalue weighted by Gasteiger charge is -2.18. The van der Waals surface area contributed by atoms with E-state index in [-0.39, 0.29) is 23.6 Å². The fraction of sp³-hybridized carbons (Fsp3) is 0.381. The molecule has 0 spiro atoms. The third-order valence-corrected chi connectivity index (χ3v) is 4.65. The van der Waals surface area contributed by atoms with E-state index in [9.17, 15) is 9.18 Å². The normalized spacial score (nSPS) is 15.1. The first-order valence-corrected chi connectivity index (χ1v) is 8.81. The average molecular weight is 368 g/mol. The fourth-order valence-corrected chi connectivity index (χ4v) is 2.78. The summed E-state index contributed by atoms with van der Waals surface area (Å²) in [5, 5.41) is 15.0. The predicted molar refractivity (Wildman–Crippen MR) is 104 cm³/mol.